The van der Waals surface area contributed by atoms with Gasteiger partial charge in [-0.3, -0.25) is 4.98 Å². The van der Waals surface area contributed by atoms with Crippen molar-refractivity contribution in [3.05, 3.63) is 54.2 Å². The molecule has 0 amide bonds. The van der Waals surface area contributed by atoms with Crippen LogP contribution in [0.1, 0.15) is 11.4 Å². The van der Waals surface area contributed by atoms with Crippen LogP contribution in [0.15, 0.2) is 42.9 Å². The number of aromatic amines is 1. The molecule has 0 spiro atoms. The fourth-order valence-corrected chi connectivity index (χ4v) is 2.85. The molecule has 3 aromatic rings. The minimum Gasteiger partial charge on any atom is -0.481 e. The van der Waals surface area contributed by atoms with Crippen LogP contribution in [0.4, 0.5) is 5.69 Å². The van der Waals surface area contributed by atoms with Gasteiger partial charge in [-0.25, -0.2) is 9.97 Å². The van der Waals surface area contributed by atoms with E-state index in [0.717, 1.165) is 36.6 Å². The summed E-state index contributed by atoms with van der Waals surface area (Å²) in [6.07, 6.45) is 6.36. The maximum Gasteiger partial charge on any atom is 0.212 e. The predicted molar refractivity (Wildman–Crippen MR) is 87.4 cm³/mol. The summed E-state index contributed by atoms with van der Waals surface area (Å²) in [5.41, 5.74) is 4.46. The number of rotatable bonds is 3. The predicted octanol–water partition coefficient (Wildman–Crippen LogP) is 2.44. The number of anilines is 1. The van der Waals surface area contributed by atoms with Crippen LogP contribution in [0, 0.1) is 0 Å². The number of ether oxygens (including phenoxy) is 1. The Labute approximate surface area is 134 Å². The molecule has 1 N–H and O–H groups in total. The second-order valence-electron chi connectivity index (χ2n) is 5.48. The number of nitrogens with one attached hydrogen (secondary N) is 1. The van der Waals surface area contributed by atoms with Crippen molar-refractivity contribution in [3.8, 4) is 17.3 Å². The molecule has 0 radical (unpaired) electrons. The first-order chi connectivity index (χ1) is 11.3. The lowest BCUT2D eigenvalue weighted by Gasteiger charge is -2.27. The Morgan fingerprint density at radius 3 is 2.78 bits per heavy atom. The van der Waals surface area contributed by atoms with E-state index in [0.29, 0.717) is 5.88 Å². The van der Waals surface area contributed by atoms with Gasteiger partial charge in [0, 0.05) is 48.9 Å². The Morgan fingerprint density at radius 2 is 2.04 bits per heavy atom. The summed E-state index contributed by atoms with van der Waals surface area (Å²) < 4.78 is 5.10. The third-order valence-corrected chi connectivity index (χ3v) is 4.08. The average molecular weight is 307 g/mol. The van der Waals surface area contributed by atoms with Crippen LogP contribution < -0.4 is 9.64 Å². The van der Waals surface area contributed by atoms with Gasteiger partial charge < -0.3 is 14.6 Å². The Hall–Kier alpha value is -2.89. The number of pyridine rings is 2. The molecule has 0 unspecified atom stereocenters. The summed E-state index contributed by atoms with van der Waals surface area (Å²) in [6.45, 7) is 1.79. The van der Waals surface area contributed by atoms with Gasteiger partial charge in [-0.1, -0.05) is 0 Å². The zero-order valence-corrected chi connectivity index (χ0v) is 12.9. The van der Waals surface area contributed by atoms with E-state index in [-0.39, 0.29) is 0 Å². The second-order valence-corrected chi connectivity index (χ2v) is 5.48. The summed E-state index contributed by atoms with van der Waals surface area (Å²) >= 11 is 0. The number of aromatic nitrogens is 4. The standard InChI is InChI=1S/C17H17N5O/c1-23-16-3-2-12(10-19-16)17-20-14-6-9-22(11-15(14)21-17)13-4-7-18-8-5-13/h2-5,7-8,10H,6,9,11H2,1H3,(H,20,21). The second kappa shape index (κ2) is 5.72. The van der Waals surface area contributed by atoms with Gasteiger partial charge in [0.05, 0.1) is 25.0 Å². The van der Waals surface area contributed by atoms with E-state index in [9.17, 15) is 0 Å². The number of nitrogens with zero attached hydrogens (tertiary/aromatic N) is 4. The van der Waals surface area contributed by atoms with Crippen molar-refractivity contribution < 1.29 is 4.74 Å². The number of H-pyrrole nitrogens is 1. The zero-order valence-electron chi connectivity index (χ0n) is 12.9. The van der Waals surface area contributed by atoms with Crippen molar-refractivity contribution in [3.63, 3.8) is 0 Å². The lowest BCUT2D eigenvalue weighted by molar-refractivity contribution is 0.398. The number of fused-ring (bicyclic) bond motifs is 1. The highest BCUT2D eigenvalue weighted by molar-refractivity contribution is 5.56. The fourth-order valence-electron chi connectivity index (χ4n) is 2.85. The first-order valence-electron chi connectivity index (χ1n) is 7.56. The van der Waals surface area contributed by atoms with Gasteiger partial charge in [0.25, 0.3) is 0 Å². The SMILES string of the molecule is COc1ccc(-c2nc3c([nH]2)CN(c2ccncc2)CC3)cn1. The highest BCUT2D eigenvalue weighted by atomic mass is 16.5. The van der Waals surface area contributed by atoms with Gasteiger partial charge in [0.15, 0.2) is 0 Å². The largest absolute Gasteiger partial charge is 0.481 e. The normalized spacial score (nSPS) is 13.7. The average Bonchev–Trinajstić information content (AvgIpc) is 3.06. The maximum absolute atomic E-state index is 5.10. The summed E-state index contributed by atoms with van der Waals surface area (Å²) in [7, 11) is 1.61. The fraction of sp³-hybridized carbons (Fsp3) is 0.235. The number of hydrogen-bond donors (Lipinski definition) is 1. The zero-order chi connectivity index (χ0) is 15.6. The van der Waals surface area contributed by atoms with E-state index in [1.807, 2.05) is 36.7 Å². The quantitative estimate of drug-likeness (QED) is 0.805. The van der Waals surface area contributed by atoms with Crippen molar-refractivity contribution in [1.82, 2.24) is 19.9 Å². The van der Waals surface area contributed by atoms with E-state index in [4.69, 9.17) is 9.72 Å². The molecule has 23 heavy (non-hydrogen) atoms. The molecular formula is C17H17N5O. The molecule has 0 aliphatic carbocycles. The molecule has 1 aliphatic heterocycles. The molecule has 0 atom stereocenters. The van der Waals surface area contributed by atoms with E-state index < -0.39 is 0 Å². The summed E-state index contributed by atoms with van der Waals surface area (Å²) in [4.78, 5) is 18.8. The molecule has 4 heterocycles. The molecule has 0 aromatic carbocycles. The van der Waals surface area contributed by atoms with E-state index in [2.05, 4.69) is 19.9 Å². The van der Waals surface area contributed by atoms with Crippen LogP contribution in [-0.4, -0.2) is 33.6 Å². The highest BCUT2D eigenvalue weighted by Gasteiger charge is 2.21. The van der Waals surface area contributed by atoms with Gasteiger partial charge >= 0.3 is 0 Å². The Bertz CT molecular complexity index is 798. The van der Waals surface area contributed by atoms with Crippen molar-refractivity contribution in [2.45, 2.75) is 13.0 Å². The Morgan fingerprint density at radius 1 is 1.17 bits per heavy atom. The van der Waals surface area contributed by atoms with Crippen LogP contribution in [0.5, 0.6) is 5.88 Å². The van der Waals surface area contributed by atoms with Crippen molar-refractivity contribution in [1.29, 1.82) is 0 Å². The third kappa shape index (κ3) is 2.63. The highest BCUT2D eigenvalue weighted by Crippen LogP contribution is 2.26. The minimum absolute atomic E-state index is 0.605. The first-order valence-corrected chi connectivity index (χ1v) is 7.56. The molecular weight excluding hydrogens is 290 g/mol. The number of imidazole rings is 1. The topological polar surface area (TPSA) is 66.9 Å². The first kappa shape index (κ1) is 13.8. The molecule has 116 valence electrons. The molecule has 3 aromatic heterocycles. The number of methoxy groups -OCH3 is 1. The van der Waals surface area contributed by atoms with Gasteiger partial charge in [-0.2, -0.15) is 0 Å². The minimum atomic E-state index is 0.605. The van der Waals surface area contributed by atoms with Crippen LogP contribution in [0.3, 0.4) is 0 Å². The molecule has 6 nitrogen and oxygen atoms in total. The number of hydrogen-bond acceptors (Lipinski definition) is 5. The van der Waals surface area contributed by atoms with E-state index in [1.54, 1.807) is 13.3 Å². The van der Waals surface area contributed by atoms with Crippen LogP contribution in [-0.2, 0) is 13.0 Å². The van der Waals surface area contributed by atoms with Gasteiger partial charge in [0.2, 0.25) is 5.88 Å². The molecule has 0 saturated heterocycles. The van der Waals surface area contributed by atoms with Crippen LogP contribution >= 0.6 is 0 Å². The van der Waals surface area contributed by atoms with E-state index >= 15 is 0 Å². The third-order valence-electron chi connectivity index (χ3n) is 4.08. The van der Waals surface area contributed by atoms with Crippen LogP contribution in [0.2, 0.25) is 0 Å². The van der Waals surface area contributed by atoms with Gasteiger partial charge in [-0.05, 0) is 18.2 Å². The maximum atomic E-state index is 5.10. The summed E-state index contributed by atoms with van der Waals surface area (Å²) in [5, 5.41) is 0. The molecule has 0 fully saturated rings. The van der Waals surface area contributed by atoms with Gasteiger partial charge in [0.1, 0.15) is 5.82 Å². The van der Waals surface area contributed by atoms with Crippen molar-refractivity contribution in [2.24, 2.45) is 0 Å². The van der Waals surface area contributed by atoms with E-state index in [1.165, 1.54) is 11.4 Å². The molecule has 0 bridgehead atoms. The van der Waals surface area contributed by atoms with Crippen LogP contribution in [0.25, 0.3) is 11.4 Å². The Balaban J connectivity index is 1.59. The summed E-state index contributed by atoms with van der Waals surface area (Å²) in [5.74, 6) is 1.47. The molecule has 1 aliphatic rings. The molecule has 0 saturated carbocycles. The lowest BCUT2D eigenvalue weighted by Crippen LogP contribution is -2.30. The van der Waals surface area contributed by atoms with Crippen molar-refractivity contribution in [2.75, 3.05) is 18.6 Å². The molecule has 6 heteroatoms. The molecule has 4 rings (SSSR count). The lowest BCUT2D eigenvalue weighted by atomic mass is 10.1. The summed E-state index contributed by atoms with van der Waals surface area (Å²) in [6, 6.07) is 7.89. The van der Waals surface area contributed by atoms with Gasteiger partial charge in [-0.15, -0.1) is 0 Å². The van der Waals surface area contributed by atoms with Crippen molar-refractivity contribution >= 4 is 5.69 Å². The smallest absolute Gasteiger partial charge is 0.212 e. The Kier molecular flexibility index (Phi) is 3.42. The monoisotopic (exact) mass is 307 g/mol.